The second kappa shape index (κ2) is 6.96. The number of rotatable bonds is 4. The summed E-state index contributed by atoms with van der Waals surface area (Å²) < 4.78 is 0. The fraction of sp³-hybridized carbons (Fsp3) is 0.478. The lowest BCUT2D eigenvalue weighted by atomic mass is 9.75. The van der Waals surface area contributed by atoms with E-state index in [4.69, 9.17) is 0 Å². The highest BCUT2D eigenvalue weighted by Crippen LogP contribution is 2.38. The van der Waals surface area contributed by atoms with E-state index in [-0.39, 0.29) is 5.41 Å². The molecule has 0 bridgehead atoms. The van der Waals surface area contributed by atoms with Crippen LogP contribution in [0.25, 0.3) is 0 Å². The van der Waals surface area contributed by atoms with Crippen LogP contribution in [0.5, 0.6) is 0 Å². The minimum Gasteiger partial charge on any atom is -0.129 e. The molecule has 0 saturated carbocycles. The summed E-state index contributed by atoms with van der Waals surface area (Å²) in [6.45, 7) is 18.3. The zero-order chi connectivity index (χ0) is 18.2. The molecule has 24 heavy (non-hydrogen) atoms. The van der Waals surface area contributed by atoms with Gasteiger partial charge >= 0.3 is 0 Å². The first kappa shape index (κ1) is 19.1. The van der Waals surface area contributed by atoms with E-state index in [0.717, 1.165) is 0 Å². The Balaban J connectivity index is 2.59. The van der Waals surface area contributed by atoms with Gasteiger partial charge in [-0.05, 0) is 78.8 Å². The van der Waals surface area contributed by atoms with Gasteiger partial charge in [-0.1, -0.05) is 52.0 Å². The van der Waals surface area contributed by atoms with Crippen LogP contribution in [0.2, 0.25) is 0 Å². The Morgan fingerprint density at radius 3 is 1.46 bits per heavy atom. The van der Waals surface area contributed by atoms with Crippen LogP contribution in [0.3, 0.4) is 0 Å². The number of hydrogen-bond donors (Lipinski definition) is 0. The second-order valence-electron chi connectivity index (χ2n) is 7.95. The molecule has 1 heteroatoms. The summed E-state index contributed by atoms with van der Waals surface area (Å²) in [5, 5.41) is 0. The van der Waals surface area contributed by atoms with Crippen LogP contribution in [0.15, 0.2) is 29.2 Å². The van der Waals surface area contributed by atoms with Crippen molar-refractivity contribution in [1.82, 2.24) is 0 Å². The predicted octanol–water partition coefficient (Wildman–Crippen LogP) is 7.09. The summed E-state index contributed by atoms with van der Waals surface area (Å²) in [7, 11) is 0. The van der Waals surface area contributed by atoms with Crippen molar-refractivity contribution in [1.29, 1.82) is 0 Å². The maximum Gasteiger partial charge on any atom is 0.0146 e. The quantitative estimate of drug-likeness (QED) is 0.535. The molecule has 0 amide bonds. The van der Waals surface area contributed by atoms with E-state index in [1.54, 1.807) is 0 Å². The monoisotopic (exact) mass is 340 g/mol. The van der Waals surface area contributed by atoms with Gasteiger partial charge in [-0.2, -0.15) is 0 Å². The molecule has 2 aromatic rings. The second-order valence-corrected chi connectivity index (χ2v) is 8.76. The first-order valence-corrected chi connectivity index (χ1v) is 10.1. The van der Waals surface area contributed by atoms with E-state index in [2.05, 4.69) is 85.9 Å². The third-order valence-electron chi connectivity index (χ3n) is 5.28. The van der Waals surface area contributed by atoms with Gasteiger partial charge in [0, 0.05) is 10.3 Å². The SMILES string of the molecule is CSc1c(C)cc(C(C)(C)c2cc(C)c(C(C)C)c(C)c2)cc1C. The minimum atomic E-state index is 0.0114. The highest BCUT2D eigenvalue weighted by atomic mass is 32.2. The van der Waals surface area contributed by atoms with Crippen LogP contribution >= 0.6 is 11.8 Å². The van der Waals surface area contributed by atoms with Gasteiger partial charge in [-0.15, -0.1) is 11.8 Å². The molecule has 0 unspecified atom stereocenters. The molecule has 0 N–H and O–H groups in total. The lowest BCUT2D eigenvalue weighted by Crippen LogP contribution is -2.20. The van der Waals surface area contributed by atoms with E-state index in [1.807, 2.05) is 11.8 Å². The van der Waals surface area contributed by atoms with Gasteiger partial charge in [0.05, 0.1) is 0 Å². The molecule has 0 atom stereocenters. The smallest absolute Gasteiger partial charge is 0.0146 e. The third kappa shape index (κ3) is 3.42. The average molecular weight is 341 g/mol. The Kier molecular flexibility index (Phi) is 5.54. The standard InChI is InChI=1S/C23H32S/c1-14(2)21-15(3)10-19(11-16(21)4)23(7,8)20-12-17(5)22(24-9)18(6)13-20/h10-14H,1-9H3. The molecule has 0 heterocycles. The van der Waals surface area contributed by atoms with Crippen LogP contribution in [0.1, 0.15) is 72.6 Å². The van der Waals surface area contributed by atoms with Crippen LogP contribution in [-0.2, 0) is 5.41 Å². The van der Waals surface area contributed by atoms with Crippen LogP contribution in [0.4, 0.5) is 0 Å². The molecule has 130 valence electrons. The molecule has 0 radical (unpaired) electrons. The van der Waals surface area contributed by atoms with E-state index < -0.39 is 0 Å². The first-order valence-electron chi connectivity index (χ1n) is 8.87. The summed E-state index contributed by atoms with van der Waals surface area (Å²) in [6, 6.07) is 9.55. The lowest BCUT2D eigenvalue weighted by Gasteiger charge is -2.30. The van der Waals surface area contributed by atoms with Crippen molar-refractivity contribution < 1.29 is 0 Å². The van der Waals surface area contributed by atoms with Crippen molar-refractivity contribution in [3.05, 3.63) is 63.2 Å². The van der Waals surface area contributed by atoms with Gasteiger partial charge in [-0.25, -0.2) is 0 Å². The van der Waals surface area contributed by atoms with Crippen LogP contribution in [-0.4, -0.2) is 6.26 Å². The molecule has 0 spiro atoms. The number of aryl methyl sites for hydroxylation is 4. The normalized spacial score (nSPS) is 12.1. The van der Waals surface area contributed by atoms with E-state index >= 15 is 0 Å². The highest BCUT2D eigenvalue weighted by molar-refractivity contribution is 7.98. The van der Waals surface area contributed by atoms with Crippen molar-refractivity contribution >= 4 is 11.8 Å². The molecule has 0 aliphatic rings. The maximum atomic E-state index is 2.40. The van der Waals surface area contributed by atoms with Gasteiger partial charge in [0.25, 0.3) is 0 Å². The fourth-order valence-corrected chi connectivity index (χ4v) is 4.81. The van der Waals surface area contributed by atoms with Gasteiger partial charge in [-0.3, -0.25) is 0 Å². The molecular formula is C23H32S. The topological polar surface area (TPSA) is 0 Å². The zero-order valence-corrected chi connectivity index (χ0v) is 17.6. The molecule has 2 rings (SSSR count). The molecule has 0 aliphatic carbocycles. The van der Waals surface area contributed by atoms with E-state index in [9.17, 15) is 0 Å². The van der Waals surface area contributed by atoms with Gasteiger partial charge in [0.1, 0.15) is 0 Å². The molecule has 2 aromatic carbocycles. The van der Waals surface area contributed by atoms with Crippen LogP contribution in [0, 0.1) is 27.7 Å². The lowest BCUT2D eigenvalue weighted by molar-refractivity contribution is 0.635. The Morgan fingerprint density at radius 1 is 0.750 bits per heavy atom. The van der Waals surface area contributed by atoms with Crippen molar-refractivity contribution in [2.45, 2.75) is 71.6 Å². The fourth-order valence-electron chi connectivity index (χ4n) is 4.05. The van der Waals surface area contributed by atoms with Gasteiger partial charge in [0.15, 0.2) is 0 Å². The molecule has 0 aliphatic heterocycles. The Morgan fingerprint density at radius 2 is 1.12 bits per heavy atom. The van der Waals surface area contributed by atoms with Gasteiger partial charge in [0.2, 0.25) is 0 Å². The molecule has 0 aromatic heterocycles. The van der Waals surface area contributed by atoms with Crippen molar-refractivity contribution in [2.24, 2.45) is 0 Å². The largest absolute Gasteiger partial charge is 0.129 e. The number of thioether (sulfide) groups is 1. The maximum absolute atomic E-state index is 2.40. The summed E-state index contributed by atoms with van der Waals surface area (Å²) >= 11 is 1.85. The highest BCUT2D eigenvalue weighted by Gasteiger charge is 2.26. The van der Waals surface area contributed by atoms with Gasteiger partial charge < -0.3 is 0 Å². The van der Waals surface area contributed by atoms with Crippen molar-refractivity contribution in [3.63, 3.8) is 0 Å². The number of hydrogen-bond acceptors (Lipinski definition) is 1. The molecular weight excluding hydrogens is 308 g/mol. The van der Waals surface area contributed by atoms with E-state index in [1.165, 1.54) is 43.8 Å². The van der Waals surface area contributed by atoms with Crippen LogP contribution < -0.4 is 0 Å². The predicted molar refractivity (Wildman–Crippen MR) is 110 cm³/mol. The average Bonchev–Trinajstić information content (AvgIpc) is 2.45. The molecule has 0 nitrogen and oxygen atoms in total. The Hall–Kier alpha value is -1.21. The number of benzene rings is 2. The molecule has 0 saturated heterocycles. The summed E-state index contributed by atoms with van der Waals surface area (Å²) in [5.41, 5.74) is 9.95. The van der Waals surface area contributed by atoms with Crippen molar-refractivity contribution in [3.8, 4) is 0 Å². The zero-order valence-electron chi connectivity index (χ0n) is 16.8. The summed E-state index contributed by atoms with van der Waals surface area (Å²) in [5.74, 6) is 0.576. The third-order valence-corrected chi connectivity index (χ3v) is 6.33. The van der Waals surface area contributed by atoms with Crippen molar-refractivity contribution in [2.75, 3.05) is 6.26 Å². The van der Waals surface area contributed by atoms with E-state index in [0.29, 0.717) is 5.92 Å². The summed E-state index contributed by atoms with van der Waals surface area (Å²) in [4.78, 5) is 1.41. The minimum absolute atomic E-state index is 0.0114. The Labute approximate surface area is 153 Å². The molecule has 0 fully saturated rings. The summed E-state index contributed by atoms with van der Waals surface area (Å²) in [6.07, 6.45) is 2.16. The Bertz CT molecular complexity index is 705. The first-order chi connectivity index (χ1) is 11.1.